The van der Waals surface area contributed by atoms with Gasteiger partial charge in [-0.25, -0.2) is 4.98 Å². The third kappa shape index (κ3) is 2.77. The Morgan fingerprint density at radius 2 is 1.61 bits per heavy atom. The topological polar surface area (TPSA) is 55.2 Å². The van der Waals surface area contributed by atoms with E-state index < -0.39 is 0 Å². The van der Waals surface area contributed by atoms with Crippen molar-refractivity contribution in [3.05, 3.63) is 72.8 Å². The normalized spacial score (nSPS) is 11.2. The van der Waals surface area contributed by atoms with Gasteiger partial charge < -0.3 is 9.84 Å². The molecule has 5 aromatic rings. The average molecular weight is 384 g/mol. The van der Waals surface area contributed by atoms with Crippen molar-refractivity contribution in [1.82, 2.24) is 9.97 Å². The van der Waals surface area contributed by atoms with Crippen LogP contribution in [-0.4, -0.2) is 22.2 Å². The van der Waals surface area contributed by atoms with Gasteiger partial charge >= 0.3 is 0 Å². The Morgan fingerprint density at radius 1 is 0.821 bits per heavy atom. The average Bonchev–Trinajstić information content (AvgIpc) is 3.11. The summed E-state index contributed by atoms with van der Waals surface area (Å²) in [4.78, 5) is 9.11. The lowest BCUT2D eigenvalue weighted by molar-refractivity contribution is 0.397. The molecular formula is C23H16N2O2S. The minimum Gasteiger partial charge on any atom is -0.507 e. The van der Waals surface area contributed by atoms with Gasteiger partial charge in [-0.15, -0.1) is 11.3 Å². The molecule has 0 saturated heterocycles. The van der Waals surface area contributed by atoms with Gasteiger partial charge in [0, 0.05) is 31.8 Å². The molecule has 2 heterocycles. The summed E-state index contributed by atoms with van der Waals surface area (Å²) in [7, 11) is 1.58. The highest BCUT2D eigenvalue weighted by Crippen LogP contribution is 2.37. The van der Waals surface area contributed by atoms with E-state index in [1.807, 2.05) is 12.1 Å². The van der Waals surface area contributed by atoms with Crippen molar-refractivity contribution < 1.29 is 9.84 Å². The fourth-order valence-corrected chi connectivity index (χ4v) is 4.49. The third-order valence-electron chi connectivity index (χ3n) is 4.73. The molecule has 5 heteroatoms. The summed E-state index contributed by atoms with van der Waals surface area (Å²) in [5.74, 6) is 1.03. The van der Waals surface area contributed by atoms with Crippen LogP contribution in [0.5, 0.6) is 11.6 Å². The Balaban J connectivity index is 1.69. The number of hydrogen-bond donors (Lipinski definition) is 1. The molecule has 0 spiro atoms. The summed E-state index contributed by atoms with van der Waals surface area (Å²) in [6.07, 6.45) is 0. The third-order valence-corrected chi connectivity index (χ3v) is 5.86. The maximum Gasteiger partial charge on any atom is 0.217 e. The van der Waals surface area contributed by atoms with Crippen LogP contribution in [0, 0.1) is 0 Å². The lowest BCUT2D eigenvalue weighted by atomic mass is 10.1. The first-order chi connectivity index (χ1) is 13.7. The Kier molecular flexibility index (Phi) is 3.95. The molecule has 0 unspecified atom stereocenters. The predicted molar refractivity (Wildman–Crippen MR) is 114 cm³/mol. The summed E-state index contributed by atoms with van der Waals surface area (Å²) >= 11 is 1.77. The smallest absolute Gasteiger partial charge is 0.217 e. The van der Waals surface area contributed by atoms with Crippen LogP contribution >= 0.6 is 11.3 Å². The lowest BCUT2D eigenvalue weighted by Crippen LogP contribution is -1.96. The van der Waals surface area contributed by atoms with E-state index >= 15 is 0 Å². The van der Waals surface area contributed by atoms with Gasteiger partial charge in [0.25, 0.3) is 0 Å². The van der Waals surface area contributed by atoms with Crippen LogP contribution in [-0.2, 0) is 0 Å². The quantitative estimate of drug-likeness (QED) is 0.421. The Labute approximate surface area is 165 Å². The van der Waals surface area contributed by atoms with E-state index in [2.05, 4.69) is 47.4 Å². The van der Waals surface area contributed by atoms with E-state index in [9.17, 15) is 5.11 Å². The van der Waals surface area contributed by atoms with Gasteiger partial charge in [-0.2, -0.15) is 4.98 Å². The molecule has 1 N–H and O–H groups in total. The van der Waals surface area contributed by atoms with Crippen molar-refractivity contribution in [3.63, 3.8) is 0 Å². The molecule has 4 nitrogen and oxygen atoms in total. The second-order valence-electron chi connectivity index (χ2n) is 6.45. The number of phenols is 1. The lowest BCUT2D eigenvalue weighted by Gasteiger charge is -2.09. The first-order valence-corrected chi connectivity index (χ1v) is 9.68. The monoisotopic (exact) mass is 384 g/mol. The molecule has 0 radical (unpaired) electrons. The fraction of sp³-hybridized carbons (Fsp3) is 0.0435. The number of hydrogen-bond acceptors (Lipinski definition) is 5. The highest BCUT2D eigenvalue weighted by molar-refractivity contribution is 7.25. The number of para-hydroxylation sites is 1. The highest BCUT2D eigenvalue weighted by atomic mass is 32.1. The van der Waals surface area contributed by atoms with Crippen molar-refractivity contribution in [2.24, 2.45) is 0 Å². The molecule has 0 bridgehead atoms. The van der Waals surface area contributed by atoms with E-state index in [0.717, 1.165) is 11.3 Å². The number of nitrogens with zero attached hydrogens (tertiary/aromatic N) is 2. The maximum absolute atomic E-state index is 10.2. The van der Waals surface area contributed by atoms with Crippen LogP contribution in [0.3, 0.4) is 0 Å². The Bertz CT molecular complexity index is 1330. The van der Waals surface area contributed by atoms with Crippen LogP contribution in [0.15, 0.2) is 72.8 Å². The zero-order chi connectivity index (χ0) is 19.1. The second-order valence-corrected chi connectivity index (χ2v) is 7.53. The van der Waals surface area contributed by atoms with Crippen molar-refractivity contribution in [1.29, 1.82) is 0 Å². The van der Waals surface area contributed by atoms with Gasteiger partial charge in [-0.05, 0) is 24.3 Å². The number of rotatable bonds is 3. The molecular weight excluding hydrogens is 368 g/mol. The van der Waals surface area contributed by atoms with Crippen LogP contribution < -0.4 is 4.74 Å². The molecule has 0 saturated carbocycles. The van der Waals surface area contributed by atoms with Gasteiger partial charge in [0.2, 0.25) is 5.88 Å². The van der Waals surface area contributed by atoms with Crippen molar-refractivity contribution >= 4 is 31.5 Å². The molecule has 28 heavy (non-hydrogen) atoms. The number of phenolic OH excluding ortho intramolecular Hbond substituents is 1. The number of aromatic hydroxyl groups is 1. The second kappa shape index (κ2) is 6.62. The summed E-state index contributed by atoms with van der Waals surface area (Å²) in [5, 5.41) is 12.7. The van der Waals surface area contributed by atoms with E-state index in [1.165, 1.54) is 20.2 Å². The number of thiophene rings is 1. The molecule has 2 aromatic heterocycles. The summed E-state index contributed by atoms with van der Waals surface area (Å²) in [6, 6.07) is 23.6. The molecule has 3 aromatic carbocycles. The zero-order valence-electron chi connectivity index (χ0n) is 15.1. The van der Waals surface area contributed by atoms with Crippen molar-refractivity contribution in [2.75, 3.05) is 7.11 Å². The van der Waals surface area contributed by atoms with E-state index in [4.69, 9.17) is 9.72 Å². The van der Waals surface area contributed by atoms with Crippen LogP contribution in [0.4, 0.5) is 0 Å². The van der Waals surface area contributed by atoms with Gasteiger partial charge in [0.05, 0.1) is 18.4 Å². The minimum absolute atomic E-state index is 0.140. The predicted octanol–water partition coefficient (Wildman–Crippen LogP) is 5.89. The van der Waals surface area contributed by atoms with Crippen LogP contribution in [0.2, 0.25) is 0 Å². The van der Waals surface area contributed by atoms with E-state index in [0.29, 0.717) is 17.3 Å². The Morgan fingerprint density at radius 3 is 2.46 bits per heavy atom. The van der Waals surface area contributed by atoms with Gasteiger partial charge in [-0.1, -0.05) is 42.5 Å². The van der Waals surface area contributed by atoms with Gasteiger partial charge in [-0.3, -0.25) is 0 Å². The maximum atomic E-state index is 10.2. The zero-order valence-corrected chi connectivity index (χ0v) is 15.9. The molecule has 0 atom stereocenters. The van der Waals surface area contributed by atoms with E-state index in [-0.39, 0.29) is 5.75 Å². The molecule has 0 aliphatic heterocycles. The Hall–Kier alpha value is -3.44. The number of ether oxygens (including phenoxy) is 1. The summed E-state index contributed by atoms with van der Waals surface area (Å²) in [6.45, 7) is 0. The number of methoxy groups -OCH3 is 1. The SMILES string of the molecule is COc1cc(-c2ccc3c(c2)sc2ccccc23)nc(-c2ccccc2O)n1. The summed E-state index contributed by atoms with van der Waals surface area (Å²) < 4.78 is 7.86. The van der Waals surface area contributed by atoms with Gasteiger partial charge in [0.1, 0.15) is 5.75 Å². The molecule has 0 amide bonds. The summed E-state index contributed by atoms with van der Waals surface area (Å²) in [5.41, 5.74) is 2.31. The molecule has 0 fully saturated rings. The molecule has 136 valence electrons. The van der Waals surface area contributed by atoms with Crippen molar-refractivity contribution in [2.45, 2.75) is 0 Å². The first-order valence-electron chi connectivity index (χ1n) is 8.86. The fourth-order valence-electron chi connectivity index (χ4n) is 3.35. The largest absolute Gasteiger partial charge is 0.507 e. The van der Waals surface area contributed by atoms with Gasteiger partial charge in [0.15, 0.2) is 5.82 Å². The van der Waals surface area contributed by atoms with Crippen LogP contribution in [0.1, 0.15) is 0 Å². The first kappa shape index (κ1) is 16.7. The van der Waals surface area contributed by atoms with Crippen molar-refractivity contribution in [3.8, 4) is 34.3 Å². The van der Waals surface area contributed by atoms with Crippen LogP contribution in [0.25, 0.3) is 42.8 Å². The molecule has 0 aliphatic carbocycles. The highest BCUT2D eigenvalue weighted by Gasteiger charge is 2.13. The standard InChI is InChI=1S/C23H16N2O2S/c1-27-22-13-18(24-23(25-22)17-7-2-4-8-19(17)26)14-10-11-16-15-6-3-5-9-20(15)28-21(16)12-14/h2-13,26H,1H3. The minimum atomic E-state index is 0.140. The van der Waals surface area contributed by atoms with E-state index in [1.54, 1.807) is 36.6 Å². The number of aromatic nitrogens is 2. The number of fused-ring (bicyclic) bond motifs is 3. The number of benzene rings is 3. The molecule has 5 rings (SSSR count). The molecule has 0 aliphatic rings.